The van der Waals surface area contributed by atoms with Crippen molar-refractivity contribution in [1.82, 2.24) is 0 Å². The van der Waals surface area contributed by atoms with E-state index in [1.807, 2.05) is 27.7 Å². The third-order valence-electron chi connectivity index (χ3n) is 3.59. The molecule has 0 aromatic heterocycles. The van der Waals surface area contributed by atoms with Crippen molar-refractivity contribution in [3.63, 3.8) is 0 Å². The molecule has 7 nitrogen and oxygen atoms in total. The Kier molecular flexibility index (Phi) is 7.32. The molecule has 0 aliphatic rings. The van der Waals surface area contributed by atoms with Gasteiger partial charge in [-0.3, -0.25) is 9.59 Å². The van der Waals surface area contributed by atoms with Crippen molar-refractivity contribution in [3.8, 4) is 11.5 Å². The molecule has 0 fully saturated rings. The van der Waals surface area contributed by atoms with Gasteiger partial charge in [-0.2, -0.15) is 0 Å². The van der Waals surface area contributed by atoms with E-state index in [1.54, 1.807) is 0 Å². The standard InChI is InChI=1S/C19H27NO6/c1-11(2)8-16(21)25-14-7-6-13(19(5,20)18(23)24)10-15(14)26-17(22)9-12(3)4/h6-7,10-12H,8-9,20H2,1-5H3,(H,23,24)/t19-/m0/s1. The van der Waals surface area contributed by atoms with E-state index in [0.29, 0.717) is 0 Å². The summed E-state index contributed by atoms with van der Waals surface area (Å²) in [5, 5.41) is 9.28. The van der Waals surface area contributed by atoms with Gasteiger partial charge < -0.3 is 20.3 Å². The Labute approximate surface area is 153 Å². The number of carboxylic acids is 1. The third-order valence-corrected chi connectivity index (χ3v) is 3.59. The van der Waals surface area contributed by atoms with Crippen LogP contribution in [0.4, 0.5) is 0 Å². The number of hydrogen-bond donors (Lipinski definition) is 2. The largest absolute Gasteiger partial charge is 0.480 e. The molecule has 0 aliphatic heterocycles. The van der Waals surface area contributed by atoms with Crippen LogP contribution in [0, 0.1) is 11.8 Å². The van der Waals surface area contributed by atoms with Crippen LogP contribution in [-0.2, 0) is 19.9 Å². The molecular weight excluding hydrogens is 338 g/mol. The van der Waals surface area contributed by atoms with Gasteiger partial charge in [-0.15, -0.1) is 0 Å². The molecular formula is C19H27NO6. The zero-order valence-electron chi connectivity index (χ0n) is 15.9. The summed E-state index contributed by atoms with van der Waals surface area (Å²) in [6.07, 6.45) is 0.368. The normalized spacial score (nSPS) is 13.4. The molecule has 0 bridgehead atoms. The van der Waals surface area contributed by atoms with E-state index in [-0.39, 0.29) is 41.7 Å². The molecule has 3 N–H and O–H groups in total. The SMILES string of the molecule is CC(C)CC(=O)Oc1ccc([C@](C)(N)C(=O)O)cc1OC(=O)CC(C)C. The van der Waals surface area contributed by atoms with Crippen molar-refractivity contribution in [2.75, 3.05) is 0 Å². The molecule has 0 saturated carbocycles. The molecule has 0 saturated heterocycles. The van der Waals surface area contributed by atoms with Gasteiger partial charge in [0.25, 0.3) is 0 Å². The molecule has 144 valence electrons. The maximum Gasteiger partial charge on any atom is 0.328 e. The molecule has 0 heterocycles. The Hall–Kier alpha value is -2.41. The van der Waals surface area contributed by atoms with Crippen LogP contribution in [0.5, 0.6) is 11.5 Å². The molecule has 1 aromatic carbocycles. The monoisotopic (exact) mass is 365 g/mol. The fourth-order valence-electron chi connectivity index (χ4n) is 2.11. The highest BCUT2D eigenvalue weighted by Crippen LogP contribution is 2.33. The summed E-state index contributed by atoms with van der Waals surface area (Å²) in [7, 11) is 0. The number of ether oxygens (including phenoxy) is 2. The van der Waals surface area contributed by atoms with E-state index in [9.17, 15) is 19.5 Å². The zero-order valence-corrected chi connectivity index (χ0v) is 15.9. The van der Waals surface area contributed by atoms with Crippen molar-refractivity contribution in [3.05, 3.63) is 23.8 Å². The molecule has 7 heteroatoms. The minimum atomic E-state index is -1.68. The quantitative estimate of drug-likeness (QED) is 0.537. The molecule has 1 atom stereocenters. The van der Waals surface area contributed by atoms with E-state index in [0.717, 1.165) is 0 Å². The van der Waals surface area contributed by atoms with E-state index in [2.05, 4.69) is 0 Å². The van der Waals surface area contributed by atoms with E-state index in [4.69, 9.17) is 15.2 Å². The van der Waals surface area contributed by atoms with Crippen molar-refractivity contribution < 1.29 is 29.0 Å². The third kappa shape index (κ3) is 6.15. The zero-order chi connectivity index (χ0) is 20.1. The number of aliphatic carboxylic acids is 1. The number of carbonyl (C=O) groups excluding carboxylic acids is 2. The van der Waals surface area contributed by atoms with Crippen LogP contribution in [0.3, 0.4) is 0 Å². The Morgan fingerprint density at radius 3 is 1.88 bits per heavy atom. The highest BCUT2D eigenvalue weighted by Gasteiger charge is 2.31. The highest BCUT2D eigenvalue weighted by molar-refractivity contribution is 5.81. The molecule has 0 amide bonds. The summed E-state index contributed by atoms with van der Waals surface area (Å²) < 4.78 is 10.6. The van der Waals surface area contributed by atoms with Crippen LogP contribution >= 0.6 is 0 Å². The fourth-order valence-corrected chi connectivity index (χ4v) is 2.11. The first kappa shape index (κ1) is 21.6. The van der Waals surface area contributed by atoms with Crippen LogP contribution < -0.4 is 15.2 Å². The lowest BCUT2D eigenvalue weighted by atomic mass is 9.93. The molecule has 0 unspecified atom stereocenters. The maximum absolute atomic E-state index is 12.0. The number of benzene rings is 1. The molecule has 1 aromatic rings. The van der Waals surface area contributed by atoms with Gasteiger partial charge in [0.05, 0.1) is 0 Å². The first-order valence-corrected chi connectivity index (χ1v) is 8.51. The summed E-state index contributed by atoms with van der Waals surface area (Å²) in [6, 6.07) is 4.15. The Balaban J connectivity index is 3.21. The number of rotatable bonds is 8. The van der Waals surface area contributed by atoms with Crippen molar-refractivity contribution in [2.45, 2.75) is 53.0 Å². The van der Waals surface area contributed by atoms with Crippen molar-refractivity contribution >= 4 is 17.9 Å². The summed E-state index contributed by atoms with van der Waals surface area (Å²) in [4.78, 5) is 35.3. The predicted octanol–water partition coefficient (Wildman–Crippen LogP) is 2.85. The first-order chi connectivity index (χ1) is 11.9. The van der Waals surface area contributed by atoms with Gasteiger partial charge in [0.15, 0.2) is 11.5 Å². The highest BCUT2D eigenvalue weighted by atomic mass is 16.6. The maximum atomic E-state index is 12.0. The Morgan fingerprint density at radius 1 is 1.00 bits per heavy atom. The number of esters is 2. The topological polar surface area (TPSA) is 116 Å². The average molecular weight is 365 g/mol. The Bertz CT molecular complexity index is 679. The van der Waals surface area contributed by atoms with E-state index < -0.39 is 23.4 Å². The summed E-state index contributed by atoms with van der Waals surface area (Å²) in [5.74, 6) is -2.00. The first-order valence-electron chi connectivity index (χ1n) is 8.51. The summed E-state index contributed by atoms with van der Waals surface area (Å²) in [5.41, 5.74) is 4.37. The molecule has 0 aliphatic carbocycles. The number of nitrogens with two attached hydrogens (primary N) is 1. The van der Waals surface area contributed by atoms with Gasteiger partial charge in [0.2, 0.25) is 0 Å². The minimum absolute atomic E-state index is 0.0248. The smallest absolute Gasteiger partial charge is 0.328 e. The van der Waals surface area contributed by atoms with Crippen molar-refractivity contribution in [2.24, 2.45) is 17.6 Å². The lowest BCUT2D eigenvalue weighted by molar-refractivity contribution is -0.143. The van der Waals surface area contributed by atoms with E-state index in [1.165, 1.54) is 25.1 Å². The summed E-state index contributed by atoms with van der Waals surface area (Å²) in [6.45, 7) is 8.81. The second-order valence-electron chi connectivity index (χ2n) is 7.31. The average Bonchev–Trinajstić information content (AvgIpc) is 2.46. The van der Waals surface area contributed by atoms with E-state index >= 15 is 0 Å². The van der Waals surface area contributed by atoms with Crippen molar-refractivity contribution in [1.29, 1.82) is 0 Å². The predicted molar refractivity (Wildman–Crippen MR) is 95.8 cm³/mol. The second-order valence-corrected chi connectivity index (χ2v) is 7.31. The molecule has 26 heavy (non-hydrogen) atoms. The number of carbonyl (C=O) groups is 3. The van der Waals surface area contributed by atoms with Gasteiger partial charge in [0, 0.05) is 12.8 Å². The minimum Gasteiger partial charge on any atom is -0.480 e. The number of hydrogen-bond acceptors (Lipinski definition) is 6. The Morgan fingerprint density at radius 2 is 1.46 bits per heavy atom. The van der Waals surface area contributed by atoms with Crippen LogP contribution in [-0.4, -0.2) is 23.0 Å². The van der Waals surface area contributed by atoms with Crippen LogP contribution in [0.25, 0.3) is 0 Å². The van der Waals surface area contributed by atoms with Gasteiger partial charge in [-0.1, -0.05) is 33.8 Å². The number of carboxylic acid groups (broad SMARTS) is 1. The van der Waals surface area contributed by atoms with Gasteiger partial charge in [-0.25, -0.2) is 4.79 Å². The molecule has 0 spiro atoms. The second kappa shape index (κ2) is 8.80. The fraction of sp³-hybridized carbons (Fsp3) is 0.526. The van der Waals surface area contributed by atoms with Gasteiger partial charge in [-0.05, 0) is 36.5 Å². The van der Waals surface area contributed by atoms with Crippen LogP contribution in [0.2, 0.25) is 0 Å². The summed E-state index contributed by atoms with van der Waals surface area (Å²) >= 11 is 0. The van der Waals surface area contributed by atoms with Gasteiger partial charge in [0.1, 0.15) is 5.54 Å². The van der Waals surface area contributed by atoms with Crippen LogP contribution in [0.1, 0.15) is 53.0 Å². The molecule has 0 radical (unpaired) electrons. The van der Waals surface area contributed by atoms with Gasteiger partial charge >= 0.3 is 17.9 Å². The lowest BCUT2D eigenvalue weighted by Gasteiger charge is -2.21. The lowest BCUT2D eigenvalue weighted by Crippen LogP contribution is -2.41. The van der Waals surface area contributed by atoms with Crippen LogP contribution in [0.15, 0.2) is 18.2 Å². The molecule has 1 rings (SSSR count).